The Kier molecular flexibility index (Phi) is 4.69. The van der Waals surface area contributed by atoms with E-state index in [1.54, 1.807) is 0 Å². The summed E-state index contributed by atoms with van der Waals surface area (Å²) in [7, 11) is 0. The third-order valence-electron chi connectivity index (χ3n) is 2.92. The molecule has 0 aliphatic carbocycles. The lowest BCUT2D eigenvalue weighted by molar-refractivity contribution is 0.175. The van der Waals surface area contributed by atoms with Crippen LogP contribution in [0.5, 0.6) is 0 Å². The highest BCUT2D eigenvalue weighted by Crippen LogP contribution is 2.25. The summed E-state index contributed by atoms with van der Waals surface area (Å²) in [5.74, 6) is 1.30. The van der Waals surface area contributed by atoms with Gasteiger partial charge < -0.3 is 10.4 Å². The molecule has 2 nitrogen and oxygen atoms in total. The van der Waals surface area contributed by atoms with Gasteiger partial charge in [-0.1, -0.05) is 30.3 Å². The minimum Gasteiger partial charge on any atom is -0.387 e. The molecule has 2 N–H and O–H groups in total. The average Bonchev–Trinajstić information content (AvgIpc) is 2.83. The lowest BCUT2D eigenvalue weighted by Crippen LogP contribution is -2.27. The van der Waals surface area contributed by atoms with E-state index >= 15 is 0 Å². The molecule has 1 aromatic carbocycles. The first kappa shape index (κ1) is 12.0. The zero-order valence-electron chi connectivity index (χ0n) is 9.43. The lowest BCUT2D eigenvalue weighted by atomic mass is 10.1. The zero-order valence-corrected chi connectivity index (χ0v) is 10.2. The molecule has 1 saturated heterocycles. The van der Waals surface area contributed by atoms with Crippen LogP contribution >= 0.6 is 11.8 Å². The molecule has 3 heteroatoms. The first-order chi connectivity index (χ1) is 7.86. The van der Waals surface area contributed by atoms with Gasteiger partial charge in [-0.25, -0.2) is 0 Å². The SMILES string of the molecule is OC(CNCC1CCCS1)c1ccccc1. The molecular weight excluding hydrogens is 218 g/mol. The number of benzene rings is 1. The maximum atomic E-state index is 9.93. The van der Waals surface area contributed by atoms with Crippen molar-refractivity contribution < 1.29 is 5.11 Å². The monoisotopic (exact) mass is 237 g/mol. The number of rotatable bonds is 5. The van der Waals surface area contributed by atoms with Crippen LogP contribution in [0.1, 0.15) is 24.5 Å². The molecule has 0 aromatic heterocycles. The van der Waals surface area contributed by atoms with E-state index in [1.165, 1.54) is 18.6 Å². The quantitative estimate of drug-likeness (QED) is 0.823. The third-order valence-corrected chi connectivity index (χ3v) is 4.32. The van der Waals surface area contributed by atoms with Crippen molar-refractivity contribution in [2.45, 2.75) is 24.2 Å². The molecule has 0 bridgehead atoms. The average molecular weight is 237 g/mol. The number of aliphatic hydroxyl groups excluding tert-OH is 1. The first-order valence-electron chi connectivity index (χ1n) is 5.91. The summed E-state index contributed by atoms with van der Waals surface area (Å²) in [6.07, 6.45) is 2.28. The van der Waals surface area contributed by atoms with Crippen LogP contribution in [-0.2, 0) is 0 Å². The summed E-state index contributed by atoms with van der Waals surface area (Å²) in [5, 5.41) is 14.0. The molecule has 2 unspecified atom stereocenters. The van der Waals surface area contributed by atoms with Gasteiger partial charge in [0.2, 0.25) is 0 Å². The van der Waals surface area contributed by atoms with Gasteiger partial charge in [0.05, 0.1) is 6.10 Å². The largest absolute Gasteiger partial charge is 0.387 e. The Bertz CT molecular complexity index is 298. The van der Waals surface area contributed by atoms with Gasteiger partial charge in [-0.3, -0.25) is 0 Å². The fraction of sp³-hybridized carbons (Fsp3) is 0.538. The summed E-state index contributed by atoms with van der Waals surface area (Å²) in [5.41, 5.74) is 0.995. The minimum absolute atomic E-state index is 0.382. The van der Waals surface area contributed by atoms with Gasteiger partial charge in [0.15, 0.2) is 0 Å². The number of nitrogens with one attached hydrogen (secondary N) is 1. The predicted octanol–water partition coefficient (Wildman–Crippen LogP) is 2.21. The number of thioether (sulfide) groups is 1. The topological polar surface area (TPSA) is 32.3 Å². The standard InChI is InChI=1S/C13H19NOS/c15-13(11-5-2-1-3-6-11)10-14-9-12-7-4-8-16-12/h1-3,5-6,12-15H,4,7-10H2. The minimum atomic E-state index is -0.382. The molecule has 16 heavy (non-hydrogen) atoms. The summed E-state index contributed by atoms with van der Waals surface area (Å²) >= 11 is 2.05. The van der Waals surface area contributed by atoms with Crippen molar-refractivity contribution in [3.05, 3.63) is 35.9 Å². The van der Waals surface area contributed by atoms with Gasteiger partial charge in [0.1, 0.15) is 0 Å². The maximum Gasteiger partial charge on any atom is 0.0914 e. The van der Waals surface area contributed by atoms with E-state index in [0.717, 1.165) is 17.4 Å². The molecular formula is C13H19NOS. The van der Waals surface area contributed by atoms with Crippen molar-refractivity contribution in [1.29, 1.82) is 0 Å². The molecule has 1 fully saturated rings. The number of hydrogen-bond acceptors (Lipinski definition) is 3. The highest BCUT2D eigenvalue weighted by atomic mass is 32.2. The van der Waals surface area contributed by atoms with Crippen LogP contribution in [-0.4, -0.2) is 29.2 Å². The van der Waals surface area contributed by atoms with E-state index in [9.17, 15) is 5.11 Å². The van der Waals surface area contributed by atoms with E-state index in [2.05, 4.69) is 5.32 Å². The molecule has 88 valence electrons. The lowest BCUT2D eigenvalue weighted by Gasteiger charge is -2.14. The molecule has 0 radical (unpaired) electrons. The van der Waals surface area contributed by atoms with Crippen molar-refractivity contribution in [2.24, 2.45) is 0 Å². The third kappa shape index (κ3) is 3.51. The molecule has 1 heterocycles. The van der Waals surface area contributed by atoms with Crippen molar-refractivity contribution in [3.8, 4) is 0 Å². The number of hydrogen-bond donors (Lipinski definition) is 2. The zero-order chi connectivity index (χ0) is 11.2. The Labute approximate surface area is 101 Å². The van der Waals surface area contributed by atoms with Crippen LogP contribution in [0.15, 0.2) is 30.3 Å². The van der Waals surface area contributed by atoms with Gasteiger partial charge in [0.25, 0.3) is 0 Å². The highest BCUT2D eigenvalue weighted by Gasteiger charge is 2.15. The van der Waals surface area contributed by atoms with Gasteiger partial charge >= 0.3 is 0 Å². The van der Waals surface area contributed by atoms with Crippen molar-refractivity contribution in [1.82, 2.24) is 5.32 Å². The fourth-order valence-electron chi connectivity index (χ4n) is 1.98. The Morgan fingerprint density at radius 2 is 2.19 bits per heavy atom. The Balaban J connectivity index is 1.69. The molecule has 0 saturated carbocycles. The van der Waals surface area contributed by atoms with Crippen LogP contribution < -0.4 is 5.32 Å². The van der Waals surface area contributed by atoms with Crippen molar-refractivity contribution in [3.63, 3.8) is 0 Å². The summed E-state index contributed by atoms with van der Waals surface area (Å²) < 4.78 is 0. The number of aliphatic hydroxyl groups is 1. The van der Waals surface area contributed by atoms with Crippen molar-refractivity contribution >= 4 is 11.8 Å². The molecule has 2 rings (SSSR count). The molecule has 1 aliphatic heterocycles. The van der Waals surface area contributed by atoms with Crippen LogP contribution in [0.25, 0.3) is 0 Å². The van der Waals surface area contributed by atoms with Gasteiger partial charge in [-0.05, 0) is 24.2 Å². The highest BCUT2D eigenvalue weighted by molar-refractivity contribution is 8.00. The Morgan fingerprint density at radius 3 is 2.88 bits per heavy atom. The normalized spacial score (nSPS) is 22.2. The summed E-state index contributed by atoms with van der Waals surface area (Å²) in [4.78, 5) is 0. The Morgan fingerprint density at radius 1 is 1.38 bits per heavy atom. The van der Waals surface area contributed by atoms with E-state index in [0.29, 0.717) is 6.54 Å². The molecule has 1 aromatic rings. The summed E-state index contributed by atoms with van der Waals surface area (Å²) in [6.45, 7) is 1.68. The smallest absolute Gasteiger partial charge is 0.0914 e. The second-order valence-electron chi connectivity index (χ2n) is 4.22. The second-order valence-corrected chi connectivity index (χ2v) is 5.63. The second kappa shape index (κ2) is 6.28. The summed E-state index contributed by atoms with van der Waals surface area (Å²) in [6, 6.07) is 9.84. The van der Waals surface area contributed by atoms with E-state index in [-0.39, 0.29) is 6.10 Å². The molecule has 1 aliphatic rings. The van der Waals surface area contributed by atoms with Crippen molar-refractivity contribution in [2.75, 3.05) is 18.8 Å². The van der Waals surface area contributed by atoms with Gasteiger partial charge in [0, 0.05) is 18.3 Å². The van der Waals surface area contributed by atoms with Crippen LogP contribution in [0.2, 0.25) is 0 Å². The Hall–Kier alpha value is -0.510. The van der Waals surface area contributed by atoms with E-state index < -0.39 is 0 Å². The maximum absolute atomic E-state index is 9.93. The van der Waals surface area contributed by atoms with E-state index in [1.807, 2.05) is 42.1 Å². The van der Waals surface area contributed by atoms with Gasteiger partial charge in [-0.15, -0.1) is 0 Å². The van der Waals surface area contributed by atoms with Gasteiger partial charge in [-0.2, -0.15) is 11.8 Å². The predicted molar refractivity (Wildman–Crippen MR) is 69.8 cm³/mol. The molecule has 0 spiro atoms. The van der Waals surface area contributed by atoms with Crippen LogP contribution in [0.3, 0.4) is 0 Å². The first-order valence-corrected chi connectivity index (χ1v) is 6.96. The van der Waals surface area contributed by atoms with Crippen LogP contribution in [0.4, 0.5) is 0 Å². The van der Waals surface area contributed by atoms with E-state index in [4.69, 9.17) is 0 Å². The van der Waals surface area contributed by atoms with Crippen LogP contribution in [0, 0.1) is 0 Å². The molecule has 0 amide bonds. The fourth-order valence-corrected chi connectivity index (χ4v) is 3.22. The molecule has 2 atom stereocenters.